The van der Waals surface area contributed by atoms with Crippen molar-refractivity contribution in [1.29, 1.82) is 0 Å². The predicted octanol–water partition coefficient (Wildman–Crippen LogP) is 5.99. The Kier molecular flexibility index (Phi) is 10.1. The lowest BCUT2D eigenvalue weighted by atomic mass is 9.80. The van der Waals surface area contributed by atoms with Crippen LogP contribution < -0.4 is 5.32 Å². The fraction of sp³-hybridized carbons (Fsp3) is 0.333. The minimum atomic E-state index is -0.691. The van der Waals surface area contributed by atoms with Crippen molar-refractivity contribution in [2.24, 2.45) is 0 Å². The van der Waals surface area contributed by atoms with Crippen LogP contribution in [-0.4, -0.2) is 61.3 Å². The number of esters is 2. The Morgan fingerprint density at radius 3 is 1.85 bits per heavy atom. The molecule has 0 aliphatic carbocycles. The SMILES string of the molecule is C#Cc1cccc(C2C(C(=O)OC)=C(C)NC(C)=C2C(=O)OC(C)N2CCN(C(c3ccc(C)cc3)c3ccc(C)cc3)CC2)c1. The molecule has 5 rings (SSSR count). The second kappa shape index (κ2) is 14.2. The second-order valence-corrected chi connectivity index (χ2v) is 12.2. The van der Waals surface area contributed by atoms with Gasteiger partial charge in [0.25, 0.3) is 0 Å². The Morgan fingerprint density at radius 2 is 1.33 bits per heavy atom. The van der Waals surface area contributed by atoms with E-state index in [9.17, 15) is 9.59 Å². The molecule has 7 heteroatoms. The summed E-state index contributed by atoms with van der Waals surface area (Å²) in [7, 11) is 1.34. The summed E-state index contributed by atoms with van der Waals surface area (Å²) < 4.78 is 11.3. The summed E-state index contributed by atoms with van der Waals surface area (Å²) in [6.45, 7) is 12.9. The number of carbonyl (C=O) groups is 2. The summed E-state index contributed by atoms with van der Waals surface area (Å²) >= 11 is 0. The molecule has 2 aliphatic heterocycles. The van der Waals surface area contributed by atoms with Crippen LogP contribution in [0, 0.1) is 26.2 Å². The maximum absolute atomic E-state index is 14.0. The molecule has 46 heavy (non-hydrogen) atoms. The second-order valence-electron chi connectivity index (χ2n) is 12.2. The van der Waals surface area contributed by atoms with Gasteiger partial charge in [0, 0.05) is 43.1 Å². The zero-order valence-electron chi connectivity index (χ0n) is 27.6. The van der Waals surface area contributed by atoms with E-state index in [4.69, 9.17) is 15.9 Å². The van der Waals surface area contributed by atoms with Crippen LogP contribution in [0.15, 0.2) is 95.3 Å². The highest BCUT2D eigenvalue weighted by Gasteiger charge is 2.39. The number of terminal acetylenes is 1. The topological polar surface area (TPSA) is 71.1 Å². The van der Waals surface area contributed by atoms with E-state index in [1.165, 1.54) is 29.4 Å². The first-order chi connectivity index (χ1) is 22.1. The Labute approximate surface area is 272 Å². The fourth-order valence-corrected chi connectivity index (χ4v) is 6.55. The first-order valence-electron chi connectivity index (χ1n) is 15.8. The van der Waals surface area contributed by atoms with Gasteiger partial charge in [-0.3, -0.25) is 9.80 Å². The van der Waals surface area contributed by atoms with Crippen molar-refractivity contribution in [3.8, 4) is 12.3 Å². The molecule has 1 saturated heterocycles. The van der Waals surface area contributed by atoms with Gasteiger partial charge in [-0.25, -0.2) is 9.59 Å². The summed E-state index contributed by atoms with van der Waals surface area (Å²) in [6.07, 6.45) is 5.22. The molecule has 1 fully saturated rings. The number of piperazine rings is 1. The van der Waals surface area contributed by atoms with Gasteiger partial charge in [-0.2, -0.15) is 0 Å². The van der Waals surface area contributed by atoms with Crippen molar-refractivity contribution in [1.82, 2.24) is 15.1 Å². The number of rotatable bonds is 8. The molecule has 2 atom stereocenters. The lowest BCUT2D eigenvalue weighted by Gasteiger charge is -2.41. The highest BCUT2D eigenvalue weighted by Crippen LogP contribution is 2.40. The normalized spacial score (nSPS) is 18.2. The average Bonchev–Trinajstić information content (AvgIpc) is 3.06. The van der Waals surface area contributed by atoms with E-state index in [1.54, 1.807) is 6.92 Å². The molecule has 2 aliphatic rings. The molecule has 1 N–H and O–H groups in total. The van der Waals surface area contributed by atoms with Crippen molar-refractivity contribution in [2.75, 3.05) is 33.3 Å². The number of aryl methyl sites for hydroxylation is 2. The minimum Gasteiger partial charge on any atom is -0.466 e. The van der Waals surface area contributed by atoms with Gasteiger partial charge < -0.3 is 14.8 Å². The zero-order chi connectivity index (χ0) is 33.0. The van der Waals surface area contributed by atoms with Crippen molar-refractivity contribution in [2.45, 2.75) is 52.8 Å². The number of hydrogen-bond acceptors (Lipinski definition) is 7. The van der Waals surface area contributed by atoms with Gasteiger partial charge in [0.2, 0.25) is 0 Å². The Balaban J connectivity index is 1.34. The number of dihydropyridines is 1. The smallest absolute Gasteiger partial charge is 0.338 e. The molecule has 3 aromatic carbocycles. The fourth-order valence-electron chi connectivity index (χ4n) is 6.55. The van der Waals surface area contributed by atoms with Crippen LogP contribution in [0.5, 0.6) is 0 Å². The first-order valence-corrected chi connectivity index (χ1v) is 15.8. The zero-order valence-corrected chi connectivity index (χ0v) is 27.6. The maximum atomic E-state index is 14.0. The summed E-state index contributed by atoms with van der Waals surface area (Å²) in [4.78, 5) is 31.7. The van der Waals surface area contributed by atoms with Gasteiger partial charge in [0.05, 0.1) is 30.2 Å². The van der Waals surface area contributed by atoms with Gasteiger partial charge in [-0.15, -0.1) is 6.42 Å². The van der Waals surface area contributed by atoms with Gasteiger partial charge in [0.15, 0.2) is 6.23 Å². The lowest BCUT2D eigenvalue weighted by molar-refractivity contribution is -0.155. The summed E-state index contributed by atoms with van der Waals surface area (Å²) in [6, 6.07) is 25.0. The van der Waals surface area contributed by atoms with E-state index < -0.39 is 24.1 Å². The highest BCUT2D eigenvalue weighted by molar-refractivity contribution is 6.00. The van der Waals surface area contributed by atoms with Gasteiger partial charge in [-0.1, -0.05) is 77.7 Å². The molecule has 7 nitrogen and oxygen atoms in total. The number of allylic oxidation sites excluding steroid dienone is 2. The van der Waals surface area contributed by atoms with Crippen molar-refractivity contribution in [3.63, 3.8) is 0 Å². The number of nitrogens with one attached hydrogen (secondary N) is 1. The number of carbonyl (C=O) groups excluding carboxylic acids is 2. The Hall–Kier alpha value is -4.64. The number of hydrogen-bond donors (Lipinski definition) is 1. The molecule has 3 aromatic rings. The molecular weight excluding hydrogens is 574 g/mol. The minimum absolute atomic E-state index is 0.133. The van der Waals surface area contributed by atoms with Crippen molar-refractivity contribution < 1.29 is 19.1 Å². The summed E-state index contributed by atoms with van der Waals surface area (Å²) in [5, 5.41) is 3.21. The van der Waals surface area contributed by atoms with Gasteiger partial charge in [0.1, 0.15) is 0 Å². The van der Waals surface area contributed by atoms with Crippen LogP contribution in [0.1, 0.15) is 66.1 Å². The monoisotopic (exact) mass is 617 g/mol. The van der Waals surface area contributed by atoms with Crippen LogP contribution >= 0.6 is 0 Å². The molecular formula is C39H43N3O4. The van der Waals surface area contributed by atoms with Crippen LogP contribution in [0.25, 0.3) is 0 Å². The third kappa shape index (κ3) is 6.94. The highest BCUT2D eigenvalue weighted by atomic mass is 16.6. The lowest BCUT2D eigenvalue weighted by Crippen LogP contribution is -2.51. The Bertz CT molecular complexity index is 1640. The van der Waals surface area contributed by atoms with Gasteiger partial charge in [-0.05, 0) is 63.4 Å². The van der Waals surface area contributed by atoms with E-state index in [1.807, 2.05) is 38.1 Å². The van der Waals surface area contributed by atoms with E-state index >= 15 is 0 Å². The number of methoxy groups -OCH3 is 1. The molecule has 0 bridgehead atoms. The van der Waals surface area contributed by atoms with E-state index in [-0.39, 0.29) is 6.04 Å². The molecule has 0 amide bonds. The predicted molar refractivity (Wildman–Crippen MR) is 181 cm³/mol. The molecule has 0 aromatic heterocycles. The molecule has 2 unspecified atom stereocenters. The van der Waals surface area contributed by atoms with Crippen LogP contribution in [-0.2, 0) is 19.1 Å². The van der Waals surface area contributed by atoms with E-state index in [2.05, 4.69) is 83.4 Å². The number of nitrogens with zero attached hydrogens (tertiary/aromatic N) is 2. The molecule has 2 heterocycles. The van der Waals surface area contributed by atoms with Crippen LogP contribution in [0.3, 0.4) is 0 Å². The summed E-state index contributed by atoms with van der Waals surface area (Å²) in [5.41, 5.74) is 8.35. The van der Waals surface area contributed by atoms with Crippen molar-refractivity contribution >= 4 is 11.9 Å². The van der Waals surface area contributed by atoms with E-state index in [0.717, 1.165) is 31.7 Å². The third-order valence-electron chi connectivity index (χ3n) is 9.06. The van der Waals surface area contributed by atoms with Crippen molar-refractivity contribution in [3.05, 3.63) is 129 Å². The molecule has 0 saturated carbocycles. The number of ether oxygens (including phenoxy) is 2. The quantitative estimate of drug-likeness (QED) is 0.246. The summed E-state index contributed by atoms with van der Waals surface area (Å²) in [5.74, 6) is 0.963. The largest absolute Gasteiger partial charge is 0.466 e. The van der Waals surface area contributed by atoms with Crippen LogP contribution in [0.2, 0.25) is 0 Å². The Morgan fingerprint density at radius 1 is 0.804 bits per heavy atom. The average molecular weight is 618 g/mol. The molecule has 238 valence electrons. The maximum Gasteiger partial charge on any atom is 0.338 e. The van der Waals surface area contributed by atoms with Crippen LogP contribution in [0.4, 0.5) is 0 Å². The van der Waals surface area contributed by atoms with Gasteiger partial charge >= 0.3 is 11.9 Å². The molecule has 0 spiro atoms. The standard InChI is InChI=1S/C39H43N3O4/c1-8-30-10-9-11-33(24-30)36-34(38(43)45-7)27(4)40-28(5)35(36)39(44)46-29(6)41-20-22-42(23-21-41)37(31-16-12-25(2)13-17-31)32-18-14-26(3)15-19-32/h1,9-19,24,29,36-37,40H,20-23H2,2-7H3. The van der Waals surface area contributed by atoms with E-state index in [0.29, 0.717) is 28.1 Å². The first kappa shape index (κ1) is 32.7. The number of benzene rings is 3. The third-order valence-corrected chi connectivity index (χ3v) is 9.06. The molecule has 0 radical (unpaired) electrons.